The van der Waals surface area contributed by atoms with Gasteiger partial charge in [0.25, 0.3) is 0 Å². The molecule has 0 atom stereocenters. The molecule has 0 aliphatic rings. The summed E-state index contributed by atoms with van der Waals surface area (Å²) in [4.78, 5) is 4.24. The SMILES string of the molecule is CC(C)CCCCN=C(N)NC(C)C. The molecule has 84 valence electrons. The van der Waals surface area contributed by atoms with Gasteiger partial charge in [-0.2, -0.15) is 0 Å². The molecule has 0 heterocycles. The van der Waals surface area contributed by atoms with Crippen LogP contribution < -0.4 is 11.1 Å². The normalized spacial score (nSPS) is 12.6. The first-order valence-corrected chi connectivity index (χ1v) is 5.58. The van der Waals surface area contributed by atoms with E-state index < -0.39 is 0 Å². The molecule has 0 bridgehead atoms. The van der Waals surface area contributed by atoms with Crippen molar-refractivity contribution >= 4 is 5.96 Å². The highest BCUT2D eigenvalue weighted by atomic mass is 15.1. The summed E-state index contributed by atoms with van der Waals surface area (Å²) in [5.41, 5.74) is 5.66. The van der Waals surface area contributed by atoms with Gasteiger partial charge in [0.05, 0.1) is 0 Å². The lowest BCUT2D eigenvalue weighted by molar-refractivity contribution is 0.541. The topological polar surface area (TPSA) is 50.4 Å². The first kappa shape index (κ1) is 13.3. The molecule has 3 nitrogen and oxygen atoms in total. The number of nitrogens with two attached hydrogens (primary N) is 1. The molecule has 0 saturated carbocycles. The molecule has 0 amide bonds. The van der Waals surface area contributed by atoms with Crippen molar-refractivity contribution < 1.29 is 0 Å². The van der Waals surface area contributed by atoms with E-state index in [-0.39, 0.29) is 0 Å². The van der Waals surface area contributed by atoms with Crippen LogP contribution in [0.15, 0.2) is 4.99 Å². The standard InChI is InChI=1S/C11H25N3/c1-9(2)7-5-6-8-13-11(12)14-10(3)4/h9-10H,5-8H2,1-4H3,(H3,12,13,14). The van der Waals surface area contributed by atoms with E-state index in [1.54, 1.807) is 0 Å². The summed E-state index contributed by atoms with van der Waals surface area (Å²) in [7, 11) is 0. The third kappa shape index (κ3) is 9.36. The van der Waals surface area contributed by atoms with Crippen molar-refractivity contribution in [2.45, 2.75) is 53.0 Å². The average molecular weight is 199 g/mol. The maximum absolute atomic E-state index is 5.66. The predicted octanol–water partition coefficient (Wildman–Crippen LogP) is 2.13. The number of nitrogens with zero attached hydrogens (tertiary/aromatic N) is 1. The minimum absolute atomic E-state index is 0.370. The van der Waals surface area contributed by atoms with Crippen LogP contribution in [0.2, 0.25) is 0 Å². The van der Waals surface area contributed by atoms with Gasteiger partial charge in [0.15, 0.2) is 5.96 Å². The molecule has 0 aromatic rings. The zero-order valence-corrected chi connectivity index (χ0v) is 10.0. The van der Waals surface area contributed by atoms with Crippen molar-refractivity contribution in [3.63, 3.8) is 0 Å². The lowest BCUT2D eigenvalue weighted by atomic mass is 10.1. The molecular formula is C11H25N3. The van der Waals surface area contributed by atoms with Crippen LogP contribution in [0.1, 0.15) is 47.0 Å². The van der Waals surface area contributed by atoms with E-state index in [0.29, 0.717) is 12.0 Å². The van der Waals surface area contributed by atoms with Gasteiger partial charge in [0.1, 0.15) is 0 Å². The number of nitrogens with one attached hydrogen (secondary N) is 1. The van der Waals surface area contributed by atoms with Gasteiger partial charge in [-0.3, -0.25) is 4.99 Å². The highest BCUT2D eigenvalue weighted by Crippen LogP contribution is 2.05. The lowest BCUT2D eigenvalue weighted by Gasteiger charge is -2.08. The minimum Gasteiger partial charge on any atom is -0.370 e. The molecule has 14 heavy (non-hydrogen) atoms. The zero-order chi connectivity index (χ0) is 11.0. The van der Waals surface area contributed by atoms with Crippen molar-refractivity contribution in [3.8, 4) is 0 Å². The molecule has 3 N–H and O–H groups in total. The molecule has 0 fully saturated rings. The summed E-state index contributed by atoms with van der Waals surface area (Å²) in [5, 5.41) is 3.07. The van der Waals surface area contributed by atoms with E-state index in [2.05, 4.69) is 38.0 Å². The molecule has 0 saturated heterocycles. The van der Waals surface area contributed by atoms with Gasteiger partial charge in [0, 0.05) is 12.6 Å². The van der Waals surface area contributed by atoms with Gasteiger partial charge in [-0.25, -0.2) is 0 Å². The van der Waals surface area contributed by atoms with Crippen molar-refractivity contribution in [1.29, 1.82) is 0 Å². The first-order valence-electron chi connectivity index (χ1n) is 5.58. The summed E-state index contributed by atoms with van der Waals surface area (Å²) in [6.45, 7) is 9.45. The molecule has 3 heteroatoms. The second kappa shape index (κ2) is 7.65. The van der Waals surface area contributed by atoms with Crippen molar-refractivity contribution in [3.05, 3.63) is 0 Å². The van der Waals surface area contributed by atoms with Crippen LogP contribution in [0.3, 0.4) is 0 Å². The van der Waals surface area contributed by atoms with Crippen molar-refractivity contribution in [1.82, 2.24) is 5.32 Å². The summed E-state index contributed by atoms with van der Waals surface area (Å²) in [6, 6.07) is 0.370. The van der Waals surface area contributed by atoms with Gasteiger partial charge < -0.3 is 11.1 Å². The molecule has 0 unspecified atom stereocenters. The van der Waals surface area contributed by atoms with Crippen LogP contribution in [-0.2, 0) is 0 Å². The van der Waals surface area contributed by atoms with E-state index in [1.165, 1.54) is 12.8 Å². The Bertz CT molecular complexity index is 162. The Labute approximate surface area is 88.2 Å². The molecule has 0 spiro atoms. The van der Waals surface area contributed by atoms with Crippen LogP contribution >= 0.6 is 0 Å². The predicted molar refractivity (Wildman–Crippen MR) is 63.5 cm³/mol. The fourth-order valence-corrected chi connectivity index (χ4v) is 1.21. The number of rotatable bonds is 6. The Morgan fingerprint density at radius 3 is 2.36 bits per heavy atom. The quantitative estimate of drug-likeness (QED) is 0.391. The Morgan fingerprint density at radius 2 is 1.86 bits per heavy atom. The third-order valence-electron chi connectivity index (χ3n) is 1.91. The molecule has 0 rings (SSSR count). The fraction of sp³-hybridized carbons (Fsp3) is 0.909. The molecule has 0 aliphatic carbocycles. The van der Waals surface area contributed by atoms with E-state index in [4.69, 9.17) is 5.73 Å². The highest BCUT2D eigenvalue weighted by molar-refractivity contribution is 5.77. The molecular weight excluding hydrogens is 174 g/mol. The van der Waals surface area contributed by atoms with Gasteiger partial charge >= 0.3 is 0 Å². The van der Waals surface area contributed by atoms with Crippen molar-refractivity contribution in [2.75, 3.05) is 6.54 Å². The number of guanidine groups is 1. The minimum atomic E-state index is 0.370. The van der Waals surface area contributed by atoms with Crippen LogP contribution in [0, 0.1) is 5.92 Å². The summed E-state index contributed by atoms with van der Waals surface area (Å²) in [6.07, 6.45) is 3.67. The fourth-order valence-electron chi connectivity index (χ4n) is 1.21. The highest BCUT2D eigenvalue weighted by Gasteiger charge is 1.95. The molecule has 0 aromatic carbocycles. The van der Waals surface area contributed by atoms with E-state index in [9.17, 15) is 0 Å². The van der Waals surface area contributed by atoms with Gasteiger partial charge in [-0.05, 0) is 26.2 Å². The third-order valence-corrected chi connectivity index (χ3v) is 1.91. The lowest BCUT2D eigenvalue weighted by Crippen LogP contribution is -2.36. The van der Waals surface area contributed by atoms with Crippen LogP contribution in [-0.4, -0.2) is 18.5 Å². The van der Waals surface area contributed by atoms with Crippen LogP contribution in [0.25, 0.3) is 0 Å². The van der Waals surface area contributed by atoms with Gasteiger partial charge in [-0.1, -0.05) is 26.7 Å². The number of hydrogen-bond acceptors (Lipinski definition) is 1. The Morgan fingerprint density at radius 1 is 1.21 bits per heavy atom. The Kier molecular flexibility index (Phi) is 7.25. The number of hydrogen-bond donors (Lipinski definition) is 2. The van der Waals surface area contributed by atoms with E-state index in [1.807, 2.05) is 0 Å². The second-order valence-corrected chi connectivity index (χ2v) is 4.46. The molecule has 0 radical (unpaired) electrons. The first-order chi connectivity index (χ1) is 6.52. The monoisotopic (exact) mass is 199 g/mol. The summed E-state index contributed by atoms with van der Waals surface area (Å²) < 4.78 is 0. The Hall–Kier alpha value is -0.730. The van der Waals surface area contributed by atoms with Crippen LogP contribution in [0.4, 0.5) is 0 Å². The Balaban J connectivity index is 3.41. The largest absolute Gasteiger partial charge is 0.370 e. The van der Waals surface area contributed by atoms with E-state index >= 15 is 0 Å². The second-order valence-electron chi connectivity index (χ2n) is 4.46. The van der Waals surface area contributed by atoms with Gasteiger partial charge in [0.2, 0.25) is 0 Å². The average Bonchev–Trinajstić information content (AvgIpc) is 2.01. The maximum Gasteiger partial charge on any atom is 0.188 e. The van der Waals surface area contributed by atoms with Gasteiger partial charge in [-0.15, -0.1) is 0 Å². The zero-order valence-electron chi connectivity index (χ0n) is 10.0. The smallest absolute Gasteiger partial charge is 0.188 e. The number of aliphatic imine (C=N–C) groups is 1. The van der Waals surface area contributed by atoms with E-state index in [0.717, 1.165) is 18.9 Å². The number of unbranched alkanes of at least 4 members (excludes halogenated alkanes) is 1. The summed E-state index contributed by atoms with van der Waals surface area (Å²) in [5.74, 6) is 1.37. The maximum atomic E-state index is 5.66. The van der Waals surface area contributed by atoms with Crippen molar-refractivity contribution in [2.24, 2.45) is 16.6 Å². The molecule has 0 aliphatic heterocycles. The van der Waals surface area contributed by atoms with Crippen LogP contribution in [0.5, 0.6) is 0 Å². The summed E-state index contributed by atoms with van der Waals surface area (Å²) >= 11 is 0. The molecule has 0 aromatic heterocycles.